The number of rotatable bonds is 8. The van der Waals surface area contributed by atoms with Crippen LogP contribution in [0.15, 0.2) is 60.9 Å². The van der Waals surface area contributed by atoms with Crippen molar-refractivity contribution in [2.75, 3.05) is 36.8 Å². The monoisotopic (exact) mass is 618 g/mol. The summed E-state index contributed by atoms with van der Waals surface area (Å²) in [5.41, 5.74) is 2.97. The topological polar surface area (TPSA) is 103 Å². The van der Waals surface area contributed by atoms with E-state index in [0.717, 1.165) is 56.7 Å². The molecule has 5 aliphatic rings. The molecule has 232 valence electrons. The first-order valence-corrected chi connectivity index (χ1v) is 17.3. The zero-order valence-corrected chi connectivity index (χ0v) is 25.6. The maximum Gasteiger partial charge on any atom is 0.264 e. The van der Waals surface area contributed by atoms with Crippen molar-refractivity contribution in [2.24, 2.45) is 23.2 Å². The van der Waals surface area contributed by atoms with E-state index < -0.39 is 15.9 Å². The number of amides is 1. The summed E-state index contributed by atoms with van der Waals surface area (Å²) in [7, 11) is -3.73. The van der Waals surface area contributed by atoms with Gasteiger partial charge in [0.1, 0.15) is 11.6 Å². The van der Waals surface area contributed by atoms with Crippen LogP contribution in [0.3, 0.4) is 0 Å². The second-order valence-electron chi connectivity index (χ2n) is 13.7. The van der Waals surface area contributed by atoms with Crippen LogP contribution in [0.2, 0.25) is 0 Å². The van der Waals surface area contributed by atoms with Gasteiger partial charge < -0.3 is 10.0 Å². The van der Waals surface area contributed by atoms with Crippen LogP contribution in [0.5, 0.6) is 5.75 Å². The van der Waals surface area contributed by atoms with E-state index in [2.05, 4.69) is 19.5 Å². The summed E-state index contributed by atoms with van der Waals surface area (Å²) in [6.45, 7) is 3.77. The first-order chi connectivity index (χ1) is 21.1. The van der Waals surface area contributed by atoms with Crippen LogP contribution >= 0.6 is 0 Å². The van der Waals surface area contributed by atoms with Crippen molar-refractivity contribution in [3.63, 3.8) is 0 Å². The van der Waals surface area contributed by atoms with Crippen LogP contribution in [-0.4, -0.2) is 61.2 Å². The molecule has 44 heavy (non-hydrogen) atoms. The van der Waals surface area contributed by atoms with Crippen molar-refractivity contribution in [1.82, 2.24) is 14.6 Å². The SMILES string of the molecule is O=C(NS(=O)(=O)CC12CC3CC(CC(C3)C1)C2)c1ccc(N2CCN(Cc3ccc(-c4cncc(O)c4)c(F)c3)CC2)cc1. The maximum atomic E-state index is 14.9. The van der Waals surface area contributed by atoms with E-state index in [4.69, 9.17) is 0 Å². The van der Waals surface area contributed by atoms with Crippen molar-refractivity contribution >= 4 is 21.6 Å². The smallest absolute Gasteiger partial charge is 0.264 e. The summed E-state index contributed by atoms with van der Waals surface area (Å²) < 4.78 is 43.4. The van der Waals surface area contributed by atoms with Crippen LogP contribution in [-0.2, 0) is 16.6 Å². The normalized spacial score (nSPS) is 26.6. The van der Waals surface area contributed by atoms with E-state index in [1.54, 1.807) is 24.3 Å². The third-order valence-electron chi connectivity index (χ3n) is 10.3. The standard InChI is InChI=1S/C34H39FN4O4S/c35-32-14-23(1-6-31(32)28-15-30(40)20-36-19-28)21-38-7-9-39(10-8-38)29-4-2-27(3-5-29)33(41)37-44(42,43)22-34-16-24-11-25(17-34)13-26(12-24)18-34/h1-6,14-15,19-20,24-26,40H,7-13,16-18,21-22H2,(H,37,41). The number of carbonyl (C=O) groups excluding carboxylic acids is 1. The molecule has 0 atom stereocenters. The molecule has 1 aliphatic heterocycles. The molecule has 2 N–H and O–H groups in total. The minimum Gasteiger partial charge on any atom is -0.506 e. The molecule has 4 aliphatic carbocycles. The molecule has 8 rings (SSSR count). The summed E-state index contributed by atoms with van der Waals surface area (Å²) >= 11 is 0. The van der Waals surface area contributed by atoms with Gasteiger partial charge in [0, 0.05) is 61.3 Å². The number of pyridine rings is 1. The van der Waals surface area contributed by atoms with E-state index in [-0.39, 0.29) is 22.7 Å². The molecule has 1 amide bonds. The quantitative estimate of drug-likeness (QED) is 0.358. The van der Waals surface area contributed by atoms with E-state index >= 15 is 0 Å². The fourth-order valence-electron chi connectivity index (χ4n) is 8.82. The molecule has 2 aromatic carbocycles. The van der Waals surface area contributed by atoms with E-state index in [9.17, 15) is 22.7 Å². The number of aromatic nitrogens is 1. The average molecular weight is 619 g/mol. The zero-order valence-electron chi connectivity index (χ0n) is 24.8. The summed E-state index contributed by atoms with van der Waals surface area (Å²) in [5.74, 6) is 1.12. The molecule has 2 heterocycles. The van der Waals surface area contributed by atoms with Gasteiger partial charge >= 0.3 is 0 Å². The first-order valence-electron chi connectivity index (χ1n) is 15.7. The van der Waals surface area contributed by atoms with Gasteiger partial charge in [0.25, 0.3) is 5.91 Å². The van der Waals surface area contributed by atoms with Crippen LogP contribution in [0.25, 0.3) is 11.1 Å². The van der Waals surface area contributed by atoms with Crippen molar-refractivity contribution in [3.05, 3.63) is 77.9 Å². The van der Waals surface area contributed by atoms with Gasteiger partial charge in [0.2, 0.25) is 10.0 Å². The maximum absolute atomic E-state index is 14.9. The summed E-state index contributed by atoms with van der Waals surface area (Å²) in [4.78, 5) is 21.4. The first kappa shape index (κ1) is 29.2. The van der Waals surface area contributed by atoms with Crippen LogP contribution in [0.1, 0.15) is 54.4 Å². The Kier molecular flexibility index (Phi) is 7.61. The minimum atomic E-state index is -3.73. The summed E-state index contributed by atoms with van der Waals surface area (Å²) in [6.07, 6.45) is 9.55. The molecule has 3 aromatic rings. The Morgan fingerprint density at radius 1 is 0.932 bits per heavy atom. The number of nitrogens with one attached hydrogen (secondary N) is 1. The molecule has 4 bridgehead atoms. The van der Waals surface area contributed by atoms with Gasteiger partial charge in [0.15, 0.2) is 0 Å². The van der Waals surface area contributed by atoms with Gasteiger partial charge in [-0.3, -0.25) is 14.7 Å². The number of halogens is 1. The van der Waals surface area contributed by atoms with Crippen molar-refractivity contribution < 1.29 is 22.7 Å². The number of benzene rings is 2. The highest BCUT2D eigenvalue weighted by atomic mass is 32.2. The predicted molar refractivity (Wildman–Crippen MR) is 167 cm³/mol. The molecule has 1 saturated heterocycles. The van der Waals surface area contributed by atoms with Gasteiger partial charge in [-0.2, -0.15) is 0 Å². The molecule has 4 saturated carbocycles. The third kappa shape index (κ3) is 6.19. The Labute approximate surface area is 258 Å². The number of aromatic hydroxyl groups is 1. The fourth-order valence-corrected chi connectivity index (χ4v) is 10.5. The van der Waals surface area contributed by atoms with Crippen LogP contribution < -0.4 is 9.62 Å². The number of sulfonamides is 1. The second-order valence-corrected chi connectivity index (χ2v) is 15.4. The summed E-state index contributed by atoms with van der Waals surface area (Å²) in [6, 6.07) is 13.8. The number of hydrogen-bond acceptors (Lipinski definition) is 7. The number of nitrogens with zero attached hydrogens (tertiary/aromatic N) is 3. The molecule has 8 nitrogen and oxygen atoms in total. The number of piperazine rings is 1. The lowest BCUT2D eigenvalue weighted by atomic mass is 9.50. The molecule has 10 heteroatoms. The highest BCUT2D eigenvalue weighted by Crippen LogP contribution is 2.60. The highest BCUT2D eigenvalue weighted by molar-refractivity contribution is 7.90. The molecule has 0 radical (unpaired) electrons. The number of carbonyl (C=O) groups is 1. The van der Waals surface area contributed by atoms with Gasteiger partial charge in [-0.1, -0.05) is 12.1 Å². The van der Waals surface area contributed by atoms with Gasteiger partial charge in [0.05, 0.1) is 11.9 Å². The van der Waals surface area contributed by atoms with E-state index in [0.29, 0.717) is 41.0 Å². The van der Waals surface area contributed by atoms with E-state index in [1.807, 2.05) is 18.2 Å². The second kappa shape index (κ2) is 11.5. The van der Waals surface area contributed by atoms with Crippen molar-refractivity contribution in [1.29, 1.82) is 0 Å². The Bertz CT molecular complexity index is 1620. The third-order valence-corrected chi connectivity index (χ3v) is 11.7. The van der Waals surface area contributed by atoms with Crippen molar-refractivity contribution in [2.45, 2.75) is 45.1 Å². The Balaban J connectivity index is 0.914. The number of hydrogen-bond donors (Lipinski definition) is 2. The lowest BCUT2D eigenvalue weighted by Crippen LogP contribution is -2.51. The Morgan fingerprint density at radius 3 is 2.20 bits per heavy atom. The van der Waals surface area contributed by atoms with Crippen LogP contribution in [0, 0.1) is 29.0 Å². The molecule has 1 aromatic heterocycles. The van der Waals surface area contributed by atoms with Gasteiger partial charge in [-0.15, -0.1) is 0 Å². The fraction of sp³-hybridized carbons (Fsp3) is 0.471. The lowest BCUT2D eigenvalue weighted by Gasteiger charge is -2.56. The predicted octanol–water partition coefficient (Wildman–Crippen LogP) is 5.19. The highest BCUT2D eigenvalue weighted by Gasteiger charge is 2.52. The lowest BCUT2D eigenvalue weighted by molar-refractivity contribution is -0.0391. The zero-order chi connectivity index (χ0) is 30.5. The Morgan fingerprint density at radius 2 is 1.59 bits per heavy atom. The molecular formula is C34H39FN4O4S. The molecule has 0 unspecified atom stereocenters. The Hall–Kier alpha value is -3.50. The average Bonchev–Trinajstić information content (AvgIpc) is 2.96. The number of anilines is 1. The molecule has 0 spiro atoms. The molecule has 5 fully saturated rings. The molecular weight excluding hydrogens is 579 g/mol. The van der Waals surface area contributed by atoms with Gasteiger partial charge in [-0.25, -0.2) is 17.5 Å². The summed E-state index contributed by atoms with van der Waals surface area (Å²) in [5, 5.41) is 9.67. The largest absolute Gasteiger partial charge is 0.506 e. The van der Waals surface area contributed by atoms with Crippen LogP contribution in [0.4, 0.5) is 10.1 Å². The minimum absolute atomic E-state index is 0.00266. The van der Waals surface area contributed by atoms with Gasteiger partial charge in [-0.05, 0) is 104 Å². The van der Waals surface area contributed by atoms with Crippen molar-refractivity contribution in [3.8, 4) is 16.9 Å². The van der Waals surface area contributed by atoms with E-state index in [1.165, 1.54) is 37.7 Å².